The van der Waals surface area contributed by atoms with Crippen molar-refractivity contribution in [3.05, 3.63) is 65.0 Å². The lowest BCUT2D eigenvalue weighted by atomic mass is 10.2. The van der Waals surface area contributed by atoms with Gasteiger partial charge in [0.25, 0.3) is 0 Å². The van der Waals surface area contributed by atoms with Crippen LogP contribution >= 0.6 is 27.3 Å². The van der Waals surface area contributed by atoms with E-state index in [1.165, 1.54) is 5.56 Å². The fraction of sp³-hybridized carbons (Fsp3) is 0.118. The first-order valence-corrected chi connectivity index (χ1v) is 9.03. The standard InChI is InChI=1S/C17H14BrN5S/c1-22(10-13-5-2-3-7-14(13)18)17-21-23-11-15(20-16(23)24-17)12-6-4-8-19-9-12/h2-9,11H,10H2,1H3. The summed E-state index contributed by atoms with van der Waals surface area (Å²) in [5, 5.41) is 5.58. The predicted octanol–water partition coefficient (Wildman–Crippen LogP) is 4.25. The molecular formula is C17H14BrN5S. The van der Waals surface area contributed by atoms with Gasteiger partial charge in [0.05, 0.1) is 11.9 Å². The predicted molar refractivity (Wildman–Crippen MR) is 100 cm³/mol. The van der Waals surface area contributed by atoms with E-state index in [1.54, 1.807) is 17.5 Å². The van der Waals surface area contributed by atoms with Crippen molar-refractivity contribution in [1.82, 2.24) is 19.6 Å². The Bertz CT molecular complexity index is 947. The van der Waals surface area contributed by atoms with Crippen LogP contribution in [0.3, 0.4) is 0 Å². The van der Waals surface area contributed by atoms with Gasteiger partial charge in [0.1, 0.15) is 0 Å². The molecule has 4 aromatic rings. The van der Waals surface area contributed by atoms with Gasteiger partial charge >= 0.3 is 0 Å². The first kappa shape index (κ1) is 15.3. The van der Waals surface area contributed by atoms with Crippen LogP contribution in [0.5, 0.6) is 0 Å². The van der Waals surface area contributed by atoms with Crippen LogP contribution in [0.2, 0.25) is 0 Å². The second-order valence-corrected chi connectivity index (χ2v) is 7.22. The Hall–Kier alpha value is -2.25. The van der Waals surface area contributed by atoms with E-state index in [9.17, 15) is 0 Å². The van der Waals surface area contributed by atoms with Gasteiger partial charge in [-0.3, -0.25) is 4.98 Å². The molecule has 0 radical (unpaired) electrons. The molecule has 0 saturated heterocycles. The van der Waals surface area contributed by atoms with Gasteiger partial charge in [-0.25, -0.2) is 9.50 Å². The highest BCUT2D eigenvalue weighted by molar-refractivity contribution is 9.10. The molecule has 120 valence electrons. The van der Waals surface area contributed by atoms with E-state index in [0.717, 1.165) is 32.4 Å². The maximum atomic E-state index is 4.65. The van der Waals surface area contributed by atoms with Crippen molar-refractivity contribution < 1.29 is 0 Å². The normalized spacial score (nSPS) is 11.1. The molecule has 4 rings (SSSR count). The van der Waals surface area contributed by atoms with Gasteiger partial charge in [-0.2, -0.15) is 0 Å². The van der Waals surface area contributed by atoms with Crippen molar-refractivity contribution in [2.45, 2.75) is 6.54 Å². The summed E-state index contributed by atoms with van der Waals surface area (Å²) in [5.41, 5.74) is 3.11. The van der Waals surface area contributed by atoms with E-state index in [4.69, 9.17) is 0 Å². The topological polar surface area (TPSA) is 46.3 Å². The van der Waals surface area contributed by atoms with Crippen LogP contribution in [0, 0.1) is 0 Å². The molecule has 0 N–H and O–H groups in total. The number of aromatic nitrogens is 4. The molecule has 0 aliphatic carbocycles. The number of benzene rings is 1. The monoisotopic (exact) mass is 399 g/mol. The van der Waals surface area contributed by atoms with Gasteiger partial charge < -0.3 is 4.90 Å². The van der Waals surface area contributed by atoms with Gasteiger partial charge in [-0.15, -0.1) is 5.10 Å². The molecule has 0 aliphatic heterocycles. The molecule has 0 atom stereocenters. The highest BCUT2D eigenvalue weighted by Crippen LogP contribution is 2.27. The van der Waals surface area contributed by atoms with E-state index in [2.05, 4.69) is 48.0 Å². The summed E-state index contributed by atoms with van der Waals surface area (Å²) in [7, 11) is 2.04. The second kappa shape index (κ2) is 6.33. The lowest BCUT2D eigenvalue weighted by molar-refractivity contribution is 0.868. The number of nitrogens with zero attached hydrogens (tertiary/aromatic N) is 5. The smallest absolute Gasteiger partial charge is 0.214 e. The van der Waals surface area contributed by atoms with Crippen molar-refractivity contribution in [3.8, 4) is 11.3 Å². The summed E-state index contributed by atoms with van der Waals surface area (Å²) in [4.78, 5) is 11.8. The SMILES string of the molecule is CN(Cc1ccccc1Br)c1nn2cc(-c3cccnc3)nc2s1. The minimum absolute atomic E-state index is 0.785. The number of anilines is 1. The molecule has 0 spiro atoms. The molecule has 24 heavy (non-hydrogen) atoms. The summed E-state index contributed by atoms with van der Waals surface area (Å²) < 4.78 is 2.94. The molecule has 3 aromatic heterocycles. The van der Waals surface area contributed by atoms with Crippen molar-refractivity contribution >= 4 is 37.4 Å². The van der Waals surface area contributed by atoms with E-state index < -0.39 is 0 Å². The summed E-state index contributed by atoms with van der Waals surface area (Å²) in [6.45, 7) is 0.785. The average molecular weight is 400 g/mol. The third-order valence-corrected chi connectivity index (χ3v) is 5.49. The fourth-order valence-electron chi connectivity index (χ4n) is 2.45. The summed E-state index contributed by atoms with van der Waals surface area (Å²) in [6.07, 6.45) is 5.51. The highest BCUT2D eigenvalue weighted by atomic mass is 79.9. The number of rotatable bonds is 4. The molecule has 3 heterocycles. The Morgan fingerprint density at radius 1 is 1.21 bits per heavy atom. The zero-order chi connectivity index (χ0) is 16.5. The Balaban J connectivity index is 1.59. The fourth-order valence-corrected chi connectivity index (χ4v) is 3.70. The van der Waals surface area contributed by atoms with Crippen molar-refractivity contribution in [2.75, 3.05) is 11.9 Å². The Labute approximate surface area is 151 Å². The maximum Gasteiger partial charge on any atom is 0.214 e. The largest absolute Gasteiger partial charge is 0.345 e. The third-order valence-electron chi connectivity index (χ3n) is 3.68. The number of hydrogen-bond acceptors (Lipinski definition) is 5. The number of pyridine rings is 1. The van der Waals surface area contributed by atoms with Crippen LogP contribution in [-0.4, -0.2) is 26.6 Å². The lowest BCUT2D eigenvalue weighted by Crippen LogP contribution is -2.16. The molecular weight excluding hydrogens is 386 g/mol. The summed E-state index contributed by atoms with van der Waals surface area (Å²) >= 11 is 5.17. The van der Waals surface area contributed by atoms with Gasteiger partial charge in [0.2, 0.25) is 10.1 Å². The number of fused-ring (bicyclic) bond motifs is 1. The Morgan fingerprint density at radius 3 is 2.83 bits per heavy atom. The molecule has 0 saturated carbocycles. The van der Waals surface area contributed by atoms with Gasteiger partial charge in [-0.05, 0) is 23.8 Å². The van der Waals surface area contributed by atoms with Gasteiger partial charge in [-0.1, -0.05) is 45.5 Å². The van der Waals surface area contributed by atoms with Crippen LogP contribution in [0.1, 0.15) is 5.56 Å². The van der Waals surface area contributed by atoms with Crippen LogP contribution in [-0.2, 0) is 6.54 Å². The van der Waals surface area contributed by atoms with E-state index in [1.807, 2.05) is 48.2 Å². The van der Waals surface area contributed by atoms with E-state index in [-0.39, 0.29) is 0 Å². The highest BCUT2D eigenvalue weighted by Gasteiger charge is 2.13. The summed E-state index contributed by atoms with van der Waals surface area (Å²) in [5.74, 6) is 0. The molecule has 0 bridgehead atoms. The number of imidazole rings is 1. The molecule has 0 unspecified atom stereocenters. The van der Waals surface area contributed by atoms with Crippen LogP contribution in [0.4, 0.5) is 5.13 Å². The zero-order valence-corrected chi connectivity index (χ0v) is 15.3. The van der Waals surface area contributed by atoms with Gasteiger partial charge in [0.15, 0.2) is 0 Å². The Morgan fingerprint density at radius 2 is 2.08 bits per heavy atom. The molecule has 0 aliphatic rings. The first-order valence-electron chi connectivity index (χ1n) is 7.42. The third kappa shape index (κ3) is 2.92. The Kier molecular flexibility index (Phi) is 4.03. The van der Waals surface area contributed by atoms with Crippen LogP contribution in [0.25, 0.3) is 16.2 Å². The van der Waals surface area contributed by atoms with E-state index in [0.29, 0.717) is 0 Å². The van der Waals surface area contributed by atoms with Crippen molar-refractivity contribution in [1.29, 1.82) is 0 Å². The lowest BCUT2D eigenvalue weighted by Gasteiger charge is -2.16. The van der Waals surface area contributed by atoms with Crippen LogP contribution < -0.4 is 4.90 Å². The first-order chi connectivity index (χ1) is 11.7. The molecule has 0 fully saturated rings. The maximum absolute atomic E-state index is 4.65. The minimum atomic E-state index is 0.785. The van der Waals surface area contributed by atoms with Crippen LogP contribution in [0.15, 0.2) is 59.5 Å². The van der Waals surface area contributed by atoms with Crippen molar-refractivity contribution in [2.24, 2.45) is 0 Å². The molecule has 0 amide bonds. The number of halogens is 1. The van der Waals surface area contributed by atoms with Crippen molar-refractivity contribution in [3.63, 3.8) is 0 Å². The molecule has 7 heteroatoms. The molecule has 1 aromatic carbocycles. The average Bonchev–Trinajstić information content (AvgIpc) is 3.17. The van der Waals surface area contributed by atoms with E-state index >= 15 is 0 Å². The van der Waals surface area contributed by atoms with Gasteiger partial charge in [0, 0.05) is 36.0 Å². The summed E-state index contributed by atoms with van der Waals surface area (Å²) in [6, 6.07) is 12.1. The zero-order valence-electron chi connectivity index (χ0n) is 12.9. The molecule has 5 nitrogen and oxygen atoms in total. The quantitative estimate of drug-likeness (QED) is 0.514. The second-order valence-electron chi connectivity index (χ2n) is 5.43. The number of hydrogen-bond donors (Lipinski definition) is 0. The minimum Gasteiger partial charge on any atom is -0.345 e.